The Morgan fingerprint density at radius 2 is 1.56 bits per heavy atom. The summed E-state index contributed by atoms with van der Waals surface area (Å²) >= 11 is 0. The molecule has 0 saturated heterocycles. The fourth-order valence-electron chi connectivity index (χ4n) is 1.89. The van der Waals surface area contributed by atoms with Crippen LogP contribution in [0.25, 0.3) is 0 Å². The van der Waals surface area contributed by atoms with Crippen LogP contribution < -0.4 is 0 Å². The molecule has 2 bridgehead atoms. The van der Waals surface area contributed by atoms with Gasteiger partial charge in [-0.15, -0.1) is 0 Å². The molecule has 0 aromatic carbocycles. The Kier molecular flexibility index (Phi) is 0.769. The van der Waals surface area contributed by atoms with Crippen LogP contribution >= 0.6 is 0 Å². The van der Waals surface area contributed by atoms with Crippen molar-refractivity contribution in [2.24, 2.45) is 5.41 Å². The van der Waals surface area contributed by atoms with Gasteiger partial charge >= 0.3 is 0 Å². The van der Waals surface area contributed by atoms with Gasteiger partial charge in [-0.3, -0.25) is 0 Å². The summed E-state index contributed by atoms with van der Waals surface area (Å²) in [5, 5.41) is 0. The van der Waals surface area contributed by atoms with Crippen molar-refractivity contribution in [3.05, 3.63) is 23.3 Å². The molecule has 0 heteroatoms. The molecule has 48 valence electrons. The van der Waals surface area contributed by atoms with Gasteiger partial charge in [-0.2, -0.15) is 0 Å². The largest absolute Gasteiger partial charge is 0.0622 e. The van der Waals surface area contributed by atoms with Crippen molar-refractivity contribution in [2.45, 2.75) is 26.7 Å². The quantitative estimate of drug-likeness (QED) is 0.461. The van der Waals surface area contributed by atoms with E-state index in [2.05, 4.69) is 26.0 Å². The van der Waals surface area contributed by atoms with Crippen LogP contribution in [-0.4, -0.2) is 0 Å². The minimum absolute atomic E-state index is 0.444. The Bertz CT molecular complexity index is 182. The molecule has 0 unspecified atom stereocenters. The van der Waals surface area contributed by atoms with E-state index in [4.69, 9.17) is 0 Å². The maximum absolute atomic E-state index is 2.32. The van der Waals surface area contributed by atoms with Gasteiger partial charge < -0.3 is 0 Å². The Hall–Kier alpha value is -0.520. The van der Waals surface area contributed by atoms with Crippen molar-refractivity contribution in [2.75, 3.05) is 0 Å². The van der Waals surface area contributed by atoms with Crippen LogP contribution in [0.5, 0.6) is 0 Å². The van der Waals surface area contributed by atoms with Gasteiger partial charge in [0.2, 0.25) is 0 Å². The molecule has 0 atom stereocenters. The summed E-state index contributed by atoms with van der Waals surface area (Å²) in [5.74, 6) is 0. The van der Waals surface area contributed by atoms with E-state index < -0.39 is 0 Å². The van der Waals surface area contributed by atoms with E-state index in [1.807, 2.05) is 0 Å². The molecule has 0 nitrogen and oxygen atoms in total. The smallest absolute Gasteiger partial charge is 0.00704 e. The molecule has 0 aromatic heterocycles. The van der Waals surface area contributed by atoms with Crippen LogP contribution in [-0.2, 0) is 0 Å². The maximum Gasteiger partial charge on any atom is 0.00704 e. The van der Waals surface area contributed by atoms with Crippen molar-refractivity contribution in [3.63, 3.8) is 0 Å². The molecule has 0 amide bonds. The maximum atomic E-state index is 2.32. The summed E-state index contributed by atoms with van der Waals surface area (Å²) in [5.41, 5.74) is 3.72. The van der Waals surface area contributed by atoms with Crippen molar-refractivity contribution >= 4 is 0 Å². The standard InChI is InChI=1S/C9H12/c1-9(2)7-3-4-8(9)6-5-7/h3-4H,5-6H2,1-2H3. The Morgan fingerprint density at radius 3 is 1.67 bits per heavy atom. The predicted molar refractivity (Wildman–Crippen MR) is 39.2 cm³/mol. The second kappa shape index (κ2) is 1.31. The lowest BCUT2D eigenvalue weighted by Gasteiger charge is -2.17. The van der Waals surface area contributed by atoms with Crippen LogP contribution in [0.2, 0.25) is 0 Å². The first kappa shape index (κ1) is 5.28. The highest BCUT2D eigenvalue weighted by molar-refractivity contribution is 5.44. The summed E-state index contributed by atoms with van der Waals surface area (Å²) in [7, 11) is 0. The second-order valence-electron chi connectivity index (χ2n) is 3.51. The average Bonchev–Trinajstić information content (AvgIpc) is 2.24. The highest BCUT2D eigenvalue weighted by atomic mass is 14.4. The first-order valence-electron chi connectivity index (χ1n) is 3.62. The van der Waals surface area contributed by atoms with Crippen LogP contribution in [0.15, 0.2) is 23.3 Å². The summed E-state index contributed by atoms with van der Waals surface area (Å²) in [6.45, 7) is 4.65. The normalized spacial score (nSPS) is 28.2. The number of hydrogen-bond donors (Lipinski definition) is 0. The first-order valence-corrected chi connectivity index (χ1v) is 3.62. The van der Waals surface area contributed by atoms with E-state index in [1.54, 1.807) is 11.1 Å². The van der Waals surface area contributed by atoms with Gasteiger partial charge in [-0.25, -0.2) is 0 Å². The summed E-state index contributed by atoms with van der Waals surface area (Å²) < 4.78 is 0. The van der Waals surface area contributed by atoms with Gasteiger partial charge in [0.25, 0.3) is 0 Å². The van der Waals surface area contributed by atoms with Gasteiger partial charge in [-0.1, -0.05) is 37.1 Å². The molecule has 9 heavy (non-hydrogen) atoms. The van der Waals surface area contributed by atoms with Crippen molar-refractivity contribution < 1.29 is 0 Å². The molecule has 2 aliphatic rings. The van der Waals surface area contributed by atoms with Gasteiger partial charge in [0.1, 0.15) is 0 Å². The summed E-state index contributed by atoms with van der Waals surface area (Å²) in [6.07, 6.45) is 7.22. The van der Waals surface area contributed by atoms with Gasteiger partial charge in [0.15, 0.2) is 0 Å². The third-order valence-corrected chi connectivity index (χ3v) is 2.75. The fraction of sp³-hybridized carbons (Fsp3) is 0.556. The molecule has 2 aliphatic carbocycles. The molecule has 1 saturated carbocycles. The monoisotopic (exact) mass is 120 g/mol. The number of allylic oxidation sites excluding steroid dienone is 4. The SMILES string of the molecule is CC1(C)C2=CC=C1CC2. The predicted octanol–water partition coefficient (Wildman–Crippen LogP) is 2.67. The van der Waals surface area contributed by atoms with E-state index in [0.717, 1.165) is 0 Å². The lowest BCUT2D eigenvalue weighted by molar-refractivity contribution is 0.582. The average molecular weight is 120 g/mol. The van der Waals surface area contributed by atoms with Gasteiger partial charge in [-0.05, 0) is 12.8 Å². The lowest BCUT2D eigenvalue weighted by Crippen LogP contribution is -2.05. The third-order valence-electron chi connectivity index (χ3n) is 2.75. The van der Waals surface area contributed by atoms with Crippen LogP contribution in [0, 0.1) is 5.41 Å². The van der Waals surface area contributed by atoms with Crippen molar-refractivity contribution in [1.29, 1.82) is 0 Å². The zero-order valence-electron chi connectivity index (χ0n) is 6.07. The molecule has 2 rings (SSSR count). The van der Waals surface area contributed by atoms with E-state index in [1.165, 1.54) is 12.8 Å². The Labute approximate surface area is 56.3 Å². The van der Waals surface area contributed by atoms with Crippen LogP contribution in [0.3, 0.4) is 0 Å². The van der Waals surface area contributed by atoms with E-state index in [-0.39, 0.29) is 0 Å². The third kappa shape index (κ3) is 0.487. The lowest BCUT2D eigenvalue weighted by atomic mass is 9.87. The van der Waals surface area contributed by atoms with Gasteiger partial charge in [0.05, 0.1) is 0 Å². The Morgan fingerprint density at radius 1 is 1.11 bits per heavy atom. The molecular formula is C9H12. The molecule has 0 aliphatic heterocycles. The summed E-state index contributed by atoms with van der Waals surface area (Å²) in [4.78, 5) is 0. The minimum Gasteiger partial charge on any atom is -0.0622 e. The molecule has 0 spiro atoms. The highest BCUT2D eigenvalue weighted by Crippen LogP contribution is 2.50. The number of fused-ring (bicyclic) bond motifs is 2. The van der Waals surface area contributed by atoms with E-state index in [0.29, 0.717) is 5.41 Å². The minimum atomic E-state index is 0.444. The molecule has 0 radical (unpaired) electrons. The fourth-order valence-corrected chi connectivity index (χ4v) is 1.89. The molecule has 0 aromatic rings. The molecule has 0 heterocycles. The first-order chi connectivity index (χ1) is 4.21. The highest BCUT2D eigenvalue weighted by Gasteiger charge is 2.35. The van der Waals surface area contributed by atoms with Crippen LogP contribution in [0.4, 0.5) is 0 Å². The van der Waals surface area contributed by atoms with Crippen molar-refractivity contribution in [1.82, 2.24) is 0 Å². The van der Waals surface area contributed by atoms with E-state index in [9.17, 15) is 0 Å². The topological polar surface area (TPSA) is 0 Å². The molecule has 1 fully saturated rings. The Balaban J connectivity index is 2.51. The zero-order chi connectivity index (χ0) is 6.48. The second-order valence-corrected chi connectivity index (χ2v) is 3.51. The van der Waals surface area contributed by atoms with E-state index >= 15 is 0 Å². The molecular weight excluding hydrogens is 108 g/mol. The number of hydrogen-bond acceptors (Lipinski definition) is 0. The molecule has 0 N–H and O–H groups in total. The van der Waals surface area contributed by atoms with Crippen molar-refractivity contribution in [3.8, 4) is 0 Å². The van der Waals surface area contributed by atoms with Gasteiger partial charge in [0, 0.05) is 5.41 Å². The van der Waals surface area contributed by atoms with Crippen LogP contribution in [0.1, 0.15) is 26.7 Å². The zero-order valence-corrected chi connectivity index (χ0v) is 6.07. The summed E-state index contributed by atoms with van der Waals surface area (Å²) in [6, 6.07) is 0. The number of rotatable bonds is 0.